The fourth-order valence-corrected chi connectivity index (χ4v) is 1.91. The number of aliphatic hydroxyl groups is 1. The van der Waals surface area contributed by atoms with Crippen LogP contribution in [0, 0.1) is 6.92 Å². The van der Waals surface area contributed by atoms with Gasteiger partial charge in [0.15, 0.2) is 0 Å². The van der Waals surface area contributed by atoms with Crippen LogP contribution in [0.5, 0.6) is 0 Å². The highest BCUT2D eigenvalue weighted by atomic mass is 16.3. The van der Waals surface area contributed by atoms with Crippen molar-refractivity contribution in [3.05, 3.63) is 35.4 Å². The number of rotatable bonds is 7. The van der Waals surface area contributed by atoms with E-state index in [1.807, 2.05) is 12.1 Å². The molecule has 0 amide bonds. The van der Waals surface area contributed by atoms with Crippen molar-refractivity contribution in [2.45, 2.75) is 39.2 Å². The normalized spacial score (nSPS) is 13.0. The third kappa shape index (κ3) is 5.33. The van der Waals surface area contributed by atoms with Gasteiger partial charge < -0.3 is 10.0 Å². The zero-order valence-corrected chi connectivity index (χ0v) is 11.3. The number of likely N-dealkylation sites (N-methyl/N-ethyl adjacent to an activating group) is 1. The van der Waals surface area contributed by atoms with Gasteiger partial charge in [0.05, 0.1) is 6.10 Å². The molecule has 0 spiro atoms. The molecule has 0 aliphatic heterocycles. The van der Waals surface area contributed by atoms with Crippen LogP contribution in [0.15, 0.2) is 24.3 Å². The van der Waals surface area contributed by atoms with Gasteiger partial charge in [-0.2, -0.15) is 0 Å². The molecule has 96 valence electrons. The fourth-order valence-electron chi connectivity index (χ4n) is 1.91. The first kappa shape index (κ1) is 14.2. The molecule has 0 aliphatic carbocycles. The van der Waals surface area contributed by atoms with Crippen molar-refractivity contribution in [2.24, 2.45) is 0 Å². The Kier molecular flexibility index (Phi) is 6.23. The fraction of sp³-hybridized carbons (Fsp3) is 0.600. The highest BCUT2D eigenvalue weighted by Gasteiger charge is 2.09. The van der Waals surface area contributed by atoms with Gasteiger partial charge in [-0.25, -0.2) is 0 Å². The summed E-state index contributed by atoms with van der Waals surface area (Å²) in [6.45, 7) is 6.05. The summed E-state index contributed by atoms with van der Waals surface area (Å²) in [6.07, 6.45) is 3.36. The molecule has 1 rings (SSSR count). The third-order valence-electron chi connectivity index (χ3n) is 3.09. The smallest absolute Gasteiger partial charge is 0.0916 e. The van der Waals surface area contributed by atoms with Crippen molar-refractivity contribution < 1.29 is 5.11 Å². The Balaban J connectivity index is 2.37. The van der Waals surface area contributed by atoms with Gasteiger partial charge in [0.25, 0.3) is 0 Å². The zero-order chi connectivity index (χ0) is 12.7. The SMILES string of the molecule is CCCCCN(C)CC(O)c1ccc(C)cc1. The summed E-state index contributed by atoms with van der Waals surface area (Å²) in [4.78, 5) is 2.21. The summed E-state index contributed by atoms with van der Waals surface area (Å²) in [6, 6.07) is 8.13. The van der Waals surface area contributed by atoms with E-state index in [0.717, 1.165) is 12.1 Å². The van der Waals surface area contributed by atoms with Gasteiger partial charge in [-0.3, -0.25) is 0 Å². The average Bonchev–Trinajstić information content (AvgIpc) is 2.30. The van der Waals surface area contributed by atoms with Gasteiger partial charge in [0, 0.05) is 6.54 Å². The predicted octanol–water partition coefficient (Wildman–Crippen LogP) is 3.15. The first-order valence-electron chi connectivity index (χ1n) is 6.56. The van der Waals surface area contributed by atoms with E-state index < -0.39 is 0 Å². The third-order valence-corrected chi connectivity index (χ3v) is 3.09. The summed E-state index contributed by atoms with van der Waals surface area (Å²) in [5.74, 6) is 0. The quantitative estimate of drug-likeness (QED) is 0.734. The van der Waals surface area contributed by atoms with Crippen LogP contribution in [-0.2, 0) is 0 Å². The summed E-state index contributed by atoms with van der Waals surface area (Å²) in [5, 5.41) is 10.1. The van der Waals surface area contributed by atoms with Crippen LogP contribution in [0.2, 0.25) is 0 Å². The number of hydrogen-bond donors (Lipinski definition) is 1. The van der Waals surface area contributed by atoms with E-state index in [1.54, 1.807) is 0 Å². The largest absolute Gasteiger partial charge is 0.387 e. The zero-order valence-electron chi connectivity index (χ0n) is 11.3. The lowest BCUT2D eigenvalue weighted by Gasteiger charge is -2.20. The number of unbranched alkanes of at least 4 members (excludes halogenated alkanes) is 2. The summed E-state index contributed by atoms with van der Waals surface area (Å²) in [7, 11) is 2.08. The van der Waals surface area contributed by atoms with E-state index >= 15 is 0 Å². The number of nitrogens with zero attached hydrogens (tertiary/aromatic N) is 1. The lowest BCUT2D eigenvalue weighted by atomic mass is 10.1. The van der Waals surface area contributed by atoms with Gasteiger partial charge in [-0.05, 0) is 32.5 Å². The molecular weight excluding hydrogens is 210 g/mol. The molecule has 0 heterocycles. The summed E-state index contributed by atoms with van der Waals surface area (Å²) < 4.78 is 0. The Bertz CT molecular complexity index is 307. The van der Waals surface area contributed by atoms with Gasteiger partial charge >= 0.3 is 0 Å². The van der Waals surface area contributed by atoms with Crippen molar-refractivity contribution >= 4 is 0 Å². The Morgan fingerprint density at radius 1 is 1.18 bits per heavy atom. The van der Waals surface area contributed by atoms with Crippen LogP contribution >= 0.6 is 0 Å². The molecule has 0 bridgehead atoms. The van der Waals surface area contributed by atoms with Crippen LogP contribution in [-0.4, -0.2) is 30.1 Å². The number of aliphatic hydroxyl groups excluding tert-OH is 1. The summed E-state index contributed by atoms with van der Waals surface area (Å²) in [5.41, 5.74) is 2.25. The monoisotopic (exact) mass is 235 g/mol. The molecule has 2 heteroatoms. The van der Waals surface area contributed by atoms with E-state index in [4.69, 9.17) is 0 Å². The molecule has 0 saturated heterocycles. The Hall–Kier alpha value is -0.860. The average molecular weight is 235 g/mol. The van der Waals surface area contributed by atoms with E-state index in [2.05, 4.69) is 37.9 Å². The predicted molar refractivity (Wildman–Crippen MR) is 73.2 cm³/mol. The molecule has 1 atom stereocenters. The molecule has 0 aromatic heterocycles. The maximum atomic E-state index is 10.1. The highest BCUT2D eigenvalue weighted by molar-refractivity contribution is 5.23. The molecule has 2 nitrogen and oxygen atoms in total. The van der Waals surface area contributed by atoms with E-state index in [1.165, 1.54) is 24.8 Å². The molecule has 0 aliphatic rings. The van der Waals surface area contributed by atoms with Gasteiger partial charge in [0.2, 0.25) is 0 Å². The Morgan fingerprint density at radius 2 is 1.82 bits per heavy atom. The van der Waals surface area contributed by atoms with Crippen molar-refractivity contribution in [3.8, 4) is 0 Å². The maximum absolute atomic E-state index is 10.1. The minimum Gasteiger partial charge on any atom is -0.387 e. The first-order valence-corrected chi connectivity index (χ1v) is 6.56. The van der Waals surface area contributed by atoms with E-state index in [9.17, 15) is 5.11 Å². The van der Waals surface area contributed by atoms with Gasteiger partial charge in [0.1, 0.15) is 0 Å². The maximum Gasteiger partial charge on any atom is 0.0916 e. The highest BCUT2D eigenvalue weighted by Crippen LogP contribution is 2.14. The van der Waals surface area contributed by atoms with Crippen LogP contribution in [0.1, 0.15) is 43.4 Å². The Labute approximate surface area is 105 Å². The van der Waals surface area contributed by atoms with Crippen LogP contribution in [0.25, 0.3) is 0 Å². The van der Waals surface area contributed by atoms with Gasteiger partial charge in [-0.15, -0.1) is 0 Å². The number of aryl methyl sites for hydroxylation is 1. The molecule has 0 saturated carbocycles. The minimum atomic E-state index is -0.373. The lowest BCUT2D eigenvalue weighted by molar-refractivity contribution is 0.126. The van der Waals surface area contributed by atoms with E-state index in [-0.39, 0.29) is 6.10 Å². The topological polar surface area (TPSA) is 23.5 Å². The van der Waals surface area contributed by atoms with Crippen molar-refractivity contribution in [2.75, 3.05) is 20.1 Å². The van der Waals surface area contributed by atoms with Crippen molar-refractivity contribution in [1.29, 1.82) is 0 Å². The second-order valence-electron chi connectivity index (χ2n) is 4.90. The van der Waals surface area contributed by atoms with Crippen LogP contribution < -0.4 is 0 Å². The summed E-state index contributed by atoms with van der Waals surface area (Å²) >= 11 is 0. The van der Waals surface area contributed by atoms with Gasteiger partial charge in [-0.1, -0.05) is 49.6 Å². The Morgan fingerprint density at radius 3 is 2.41 bits per heavy atom. The first-order chi connectivity index (χ1) is 8.13. The lowest BCUT2D eigenvalue weighted by Crippen LogP contribution is -2.25. The second kappa shape index (κ2) is 7.46. The second-order valence-corrected chi connectivity index (χ2v) is 4.90. The molecule has 1 N–H and O–H groups in total. The van der Waals surface area contributed by atoms with Crippen molar-refractivity contribution in [1.82, 2.24) is 4.90 Å². The number of benzene rings is 1. The molecule has 0 fully saturated rings. The molecule has 0 radical (unpaired) electrons. The van der Waals surface area contributed by atoms with Crippen molar-refractivity contribution in [3.63, 3.8) is 0 Å². The molecule has 17 heavy (non-hydrogen) atoms. The molecule has 1 unspecified atom stereocenters. The van der Waals surface area contributed by atoms with E-state index in [0.29, 0.717) is 6.54 Å². The number of hydrogen-bond acceptors (Lipinski definition) is 2. The standard InChI is InChI=1S/C15H25NO/c1-4-5-6-11-16(3)12-15(17)14-9-7-13(2)8-10-14/h7-10,15,17H,4-6,11-12H2,1-3H3. The molecule has 1 aromatic rings. The minimum absolute atomic E-state index is 0.373. The van der Waals surface area contributed by atoms with Crippen LogP contribution in [0.4, 0.5) is 0 Å². The molecule has 1 aromatic carbocycles. The molecular formula is C15H25NO. The van der Waals surface area contributed by atoms with Crippen LogP contribution in [0.3, 0.4) is 0 Å².